The number of fused-ring (bicyclic) bond motifs is 1. The summed E-state index contributed by atoms with van der Waals surface area (Å²) in [6.45, 7) is 1.91. The smallest absolute Gasteiger partial charge is 0.109 e. The average molecular weight is 347 g/mol. The molecule has 2 aliphatic rings. The van der Waals surface area contributed by atoms with Crippen molar-refractivity contribution < 1.29 is 0 Å². The van der Waals surface area contributed by atoms with E-state index >= 15 is 0 Å². The number of nitrogens with one attached hydrogen (secondary N) is 1. The molecule has 134 valence electrons. The molecule has 1 fully saturated rings. The molecule has 3 heterocycles. The zero-order valence-electron chi connectivity index (χ0n) is 15.2. The van der Waals surface area contributed by atoms with Crippen molar-refractivity contribution in [3.8, 4) is 11.3 Å². The Kier molecular flexibility index (Phi) is 3.89. The Morgan fingerprint density at radius 3 is 2.77 bits per heavy atom. The van der Waals surface area contributed by atoms with Gasteiger partial charge in [-0.3, -0.25) is 4.68 Å². The zero-order valence-corrected chi connectivity index (χ0v) is 15.2. The first-order chi connectivity index (χ1) is 12.8. The Hall–Kier alpha value is -2.40. The zero-order chi connectivity index (χ0) is 17.5. The monoisotopic (exact) mass is 347 g/mol. The summed E-state index contributed by atoms with van der Waals surface area (Å²) < 4.78 is 4.29. The number of aromatic nitrogens is 4. The molecule has 1 unspecified atom stereocenters. The summed E-state index contributed by atoms with van der Waals surface area (Å²) >= 11 is 0. The number of benzene rings is 1. The van der Waals surface area contributed by atoms with E-state index in [4.69, 9.17) is 4.98 Å². The van der Waals surface area contributed by atoms with Crippen LogP contribution in [0.25, 0.3) is 11.3 Å². The molecule has 26 heavy (non-hydrogen) atoms. The highest BCUT2D eigenvalue weighted by Crippen LogP contribution is 2.40. The molecule has 0 radical (unpaired) electrons. The first-order valence-corrected chi connectivity index (χ1v) is 9.63. The predicted octanol–water partition coefficient (Wildman–Crippen LogP) is 3.27. The Bertz CT molecular complexity index is 904. The second-order valence-corrected chi connectivity index (χ2v) is 7.66. The number of imidazole rings is 1. The van der Waals surface area contributed by atoms with Crippen molar-refractivity contribution in [2.75, 3.05) is 0 Å². The molecule has 5 nitrogen and oxygen atoms in total. The number of rotatable bonds is 5. The van der Waals surface area contributed by atoms with Crippen LogP contribution in [0.2, 0.25) is 0 Å². The van der Waals surface area contributed by atoms with Gasteiger partial charge in [-0.2, -0.15) is 5.10 Å². The van der Waals surface area contributed by atoms with Crippen LogP contribution in [0.15, 0.2) is 42.7 Å². The van der Waals surface area contributed by atoms with Gasteiger partial charge in [-0.25, -0.2) is 4.98 Å². The van der Waals surface area contributed by atoms with Crippen LogP contribution in [0.3, 0.4) is 0 Å². The summed E-state index contributed by atoms with van der Waals surface area (Å²) in [5, 5.41) is 8.43. The lowest BCUT2D eigenvalue weighted by Gasteiger charge is -2.24. The van der Waals surface area contributed by atoms with E-state index in [1.54, 1.807) is 0 Å². The molecule has 5 heteroatoms. The van der Waals surface area contributed by atoms with Gasteiger partial charge in [-0.1, -0.05) is 30.3 Å². The maximum absolute atomic E-state index is 4.84. The molecule has 0 amide bonds. The molecule has 3 aromatic rings. The summed E-state index contributed by atoms with van der Waals surface area (Å²) in [5.41, 5.74) is 4.97. The standard InChI is InChI=1S/C21H25N5/c1-25-12-17(21(24-25)16-7-8-16)11-22-18-9-10-20-23-19(14-26(20)13-18)15-5-3-2-4-6-15/h2-6,12,14,16,18,22H,7-11,13H2,1H3. The maximum Gasteiger partial charge on any atom is 0.109 e. The van der Waals surface area contributed by atoms with Crippen LogP contribution >= 0.6 is 0 Å². The lowest BCUT2D eigenvalue weighted by Crippen LogP contribution is -2.36. The largest absolute Gasteiger partial charge is 0.333 e. The summed E-state index contributed by atoms with van der Waals surface area (Å²) in [4.78, 5) is 4.84. The molecule has 1 N–H and O–H groups in total. The minimum Gasteiger partial charge on any atom is -0.333 e. The fourth-order valence-corrected chi connectivity index (χ4v) is 4.00. The van der Waals surface area contributed by atoms with E-state index in [1.807, 2.05) is 17.8 Å². The van der Waals surface area contributed by atoms with Gasteiger partial charge < -0.3 is 9.88 Å². The minimum atomic E-state index is 0.493. The van der Waals surface area contributed by atoms with Gasteiger partial charge >= 0.3 is 0 Å². The van der Waals surface area contributed by atoms with Gasteiger partial charge in [0, 0.05) is 62.0 Å². The highest BCUT2D eigenvalue weighted by Gasteiger charge is 2.29. The lowest BCUT2D eigenvalue weighted by atomic mass is 10.1. The Morgan fingerprint density at radius 1 is 1.12 bits per heavy atom. The van der Waals surface area contributed by atoms with Crippen LogP contribution in [0, 0.1) is 0 Å². The fraction of sp³-hybridized carbons (Fsp3) is 0.429. The first-order valence-electron chi connectivity index (χ1n) is 9.63. The number of aryl methyl sites for hydroxylation is 2. The van der Waals surface area contributed by atoms with Crippen LogP contribution in [0.4, 0.5) is 0 Å². The van der Waals surface area contributed by atoms with E-state index in [2.05, 4.69) is 51.6 Å². The average Bonchev–Trinajstić information content (AvgIpc) is 3.31. The number of hydrogen-bond donors (Lipinski definition) is 1. The third kappa shape index (κ3) is 3.07. The second-order valence-electron chi connectivity index (χ2n) is 7.66. The van der Waals surface area contributed by atoms with Crippen LogP contribution in [0.1, 0.15) is 42.3 Å². The van der Waals surface area contributed by atoms with E-state index in [0.29, 0.717) is 12.0 Å². The Morgan fingerprint density at radius 2 is 1.96 bits per heavy atom. The van der Waals surface area contributed by atoms with Crippen LogP contribution < -0.4 is 5.32 Å². The van der Waals surface area contributed by atoms with Gasteiger partial charge in [-0.05, 0) is 19.3 Å². The van der Waals surface area contributed by atoms with Crippen LogP contribution in [-0.2, 0) is 26.6 Å². The van der Waals surface area contributed by atoms with Gasteiger partial charge in [0.25, 0.3) is 0 Å². The van der Waals surface area contributed by atoms with E-state index < -0.39 is 0 Å². The quantitative estimate of drug-likeness (QED) is 0.771. The topological polar surface area (TPSA) is 47.7 Å². The number of nitrogens with zero attached hydrogens (tertiary/aromatic N) is 4. The summed E-state index contributed by atoms with van der Waals surface area (Å²) in [7, 11) is 2.03. The van der Waals surface area contributed by atoms with Crippen LogP contribution in [-0.4, -0.2) is 25.4 Å². The lowest BCUT2D eigenvalue weighted by molar-refractivity contribution is 0.378. The highest BCUT2D eigenvalue weighted by molar-refractivity contribution is 5.58. The Balaban J connectivity index is 1.27. The van der Waals surface area contributed by atoms with E-state index in [9.17, 15) is 0 Å². The molecule has 5 rings (SSSR count). The van der Waals surface area contributed by atoms with E-state index in [1.165, 1.54) is 35.5 Å². The van der Waals surface area contributed by atoms with Crippen molar-refractivity contribution in [1.82, 2.24) is 24.6 Å². The van der Waals surface area contributed by atoms with Gasteiger partial charge in [0.2, 0.25) is 0 Å². The molecule has 0 saturated heterocycles. The third-order valence-electron chi connectivity index (χ3n) is 5.54. The summed E-state index contributed by atoms with van der Waals surface area (Å²) in [5.74, 6) is 1.91. The predicted molar refractivity (Wildman–Crippen MR) is 102 cm³/mol. The van der Waals surface area contributed by atoms with E-state index in [-0.39, 0.29) is 0 Å². The minimum absolute atomic E-state index is 0.493. The third-order valence-corrected chi connectivity index (χ3v) is 5.54. The van der Waals surface area contributed by atoms with Gasteiger partial charge in [0.05, 0.1) is 11.4 Å². The molecule has 0 spiro atoms. The van der Waals surface area contributed by atoms with Gasteiger partial charge in [0.15, 0.2) is 0 Å². The first kappa shape index (κ1) is 15.8. The molecule has 0 bridgehead atoms. The fourth-order valence-electron chi connectivity index (χ4n) is 4.00. The van der Waals surface area contributed by atoms with Crippen molar-refractivity contribution in [3.05, 3.63) is 59.8 Å². The van der Waals surface area contributed by atoms with Crippen molar-refractivity contribution in [2.24, 2.45) is 7.05 Å². The second kappa shape index (κ2) is 6.40. The summed E-state index contributed by atoms with van der Waals surface area (Å²) in [6, 6.07) is 10.9. The molecule has 1 aliphatic heterocycles. The molecule has 1 aliphatic carbocycles. The molecule has 1 atom stereocenters. The SMILES string of the molecule is Cn1cc(CNC2CCc3nc(-c4ccccc4)cn3C2)c(C2CC2)n1. The molecule has 2 aromatic heterocycles. The molecular formula is C21H25N5. The molecule has 1 aromatic carbocycles. The molecule has 1 saturated carbocycles. The van der Waals surface area contributed by atoms with Gasteiger partial charge in [0.1, 0.15) is 5.82 Å². The maximum atomic E-state index is 4.84. The van der Waals surface area contributed by atoms with E-state index in [0.717, 1.165) is 31.6 Å². The van der Waals surface area contributed by atoms with Crippen molar-refractivity contribution >= 4 is 0 Å². The normalized spacial score (nSPS) is 19.5. The Labute approximate surface area is 154 Å². The molecular weight excluding hydrogens is 322 g/mol. The van der Waals surface area contributed by atoms with Crippen molar-refractivity contribution in [3.63, 3.8) is 0 Å². The van der Waals surface area contributed by atoms with Gasteiger partial charge in [-0.15, -0.1) is 0 Å². The van der Waals surface area contributed by atoms with Crippen molar-refractivity contribution in [2.45, 2.75) is 50.7 Å². The highest BCUT2D eigenvalue weighted by atomic mass is 15.3. The number of hydrogen-bond acceptors (Lipinski definition) is 3. The van der Waals surface area contributed by atoms with Crippen LogP contribution in [0.5, 0.6) is 0 Å². The summed E-state index contributed by atoms with van der Waals surface area (Å²) in [6.07, 6.45) is 9.16. The van der Waals surface area contributed by atoms with Crippen molar-refractivity contribution in [1.29, 1.82) is 0 Å².